The van der Waals surface area contributed by atoms with Crippen molar-refractivity contribution in [2.24, 2.45) is 0 Å². The molecule has 4 rings (SSSR count). The first kappa shape index (κ1) is 19.1. The molecule has 29 heavy (non-hydrogen) atoms. The first-order valence-electron chi connectivity index (χ1n) is 8.90. The van der Waals surface area contributed by atoms with Crippen molar-refractivity contribution in [1.29, 1.82) is 0 Å². The Balaban J connectivity index is 1.79. The second kappa shape index (κ2) is 7.28. The lowest BCUT2D eigenvalue weighted by molar-refractivity contribution is -0.255. The molecule has 0 bridgehead atoms. The lowest BCUT2D eigenvalue weighted by Crippen LogP contribution is -2.25. The summed E-state index contributed by atoms with van der Waals surface area (Å²) in [7, 11) is -4.24. The molecule has 10 heteroatoms. The van der Waals surface area contributed by atoms with Gasteiger partial charge in [-0.25, -0.2) is 22.8 Å². The molecule has 1 fully saturated rings. The van der Waals surface area contributed by atoms with Gasteiger partial charge in [-0.15, -0.1) is 0 Å². The number of nitrogens with zero attached hydrogens (tertiary/aromatic N) is 3. The minimum absolute atomic E-state index is 0.0323. The summed E-state index contributed by atoms with van der Waals surface area (Å²) in [5, 5.41) is 11.0. The van der Waals surface area contributed by atoms with Crippen molar-refractivity contribution < 1.29 is 22.7 Å². The van der Waals surface area contributed by atoms with Crippen molar-refractivity contribution in [3.63, 3.8) is 0 Å². The molecular formula is C19H16FN4O4S-. The molecule has 0 amide bonds. The van der Waals surface area contributed by atoms with E-state index < -0.39 is 32.3 Å². The number of para-hydroxylation sites is 2. The van der Waals surface area contributed by atoms with Crippen LogP contribution in [0.3, 0.4) is 0 Å². The predicted octanol–water partition coefficient (Wildman–Crippen LogP) is 1.53. The minimum atomic E-state index is -4.24. The number of carboxylic acids is 1. The van der Waals surface area contributed by atoms with E-state index in [9.17, 15) is 22.7 Å². The highest BCUT2D eigenvalue weighted by molar-refractivity contribution is 7.92. The van der Waals surface area contributed by atoms with Crippen LogP contribution in [0.4, 0.5) is 16.0 Å². The summed E-state index contributed by atoms with van der Waals surface area (Å²) in [5.41, 5.74) is 0.290. The van der Waals surface area contributed by atoms with Crippen LogP contribution in [0, 0.1) is 5.82 Å². The van der Waals surface area contributed by atoms with E-state index in [1.54, 1.807) is 18.2 Å². The van der Waals surface area contributed by atoms with E-state index >= 15 is 0 Å². The molecule has 1 N–H and O–H groups in total. The summed E-state index contributed by atoms with van der Waals surface area (Å²) in [6.07, 6.45) is 1.90. The maximum Gasteiger partial charge on any atom is 0.263 e. The zero-order valence-corrected chi connectivity index (χ0v) is 15.9. The number of anilines is 2. The Kier molecular flexibility index (Phi) is 4.79. The minimum Gasteiger partial charge on any atom is -0.545 e. The number of benzene rings is 2. The highest BCUT2D eigenvalue weighted by atomic mass is 32.2. The molecule has 0 unspecified atom stereocenters. The second-order valence-corrected chi connectivity index (χ2v) is 8.30. The molecule has 1 saturated heterocycles. The topological polar surface area (TPSA) is 115 Å². The Morgan fingerprint density at radius 2 is 1.72 bits per heavy atom. The Bertz CT molecular complexity index is 1210. The average molecular weight is 415 g/mol. The molecule has 0 spiro atoms. The van der Waals surface area contributed by atoms with Crippen LogP contribution in [0.15, 0.2) is 47.4 Å². The van der Waals surface area contributed by atoms with E-state index in [-0.39, 0.29) is 5.82 Å². The van der Waals surface area contributed by atoms with Crippen LogP contribution < -0.4 is 14.7 Å². The van der Waals surface area contributed by atoms with Crippen molar-refractivity contribution in [2.75, 3.05) is 22.7 Å². The Morgan fingerprint density at radius 1 is 1.07 bits per heavy atom. The summed E-state index contributed by atoms with van der Waals surface area (Å²) in [4.78, 5) is 21.5. The van der Waals surface area contributed by atoms with E-state index in [1.807, 2.05) is 11.0 Å². The summed E-state index contributed by atoms with van der Waals surface area (Å²) >= 11 is 0. The summed E-state index contributed by atoms with van der Waals surface area (Å²) in [6.45, 7) is 1.43. The van der Waals surface area contributed by atoms with Gasteiger partial charge >= 0.3 is 0 Å². The average Bonchev–Trinajstić information content (AvgIpc) is 3.21. The molecule has 8 nitrogen and oxygen atoms in total. The maximum atomic E-state index is 13.6. The van der Waals surface area contributed by atoms with Gasteiger partial charge in [-0.1, -0.05) is 12.1 Å². The lowest BCUT2D eigenvalue weighted by atomic mass is 10.2. The van der Waals surface area contributed by atoms with Crippen molar-refractivity contribution in [3.05, 3.63) is 53.8 Å². The molecule has 0 aliphatic carbocycles. The highest BCUT2D eigenvalue weighted by Gasteiger charge is 2.24. The number of nitrogens with one attached hydrogen (secondary N) is 1. The van der Waals surface area contributed by atoms with Gasteiger partial charge in [0.1, 0.15) is 5.82 Å². The van der Waals surface area contributed by atoms with Crippen molar-refractivity contribution >= 4 is 38.7 Å². The van der Waals surface area contributed by atoms with Crippen LogP contribution in [0.1, 0.15) is 23.2 Å². The zero-order valence-electron chi connectivity index (χ0n) is 15.1. The smallest absolute Gasteiger partial charge is 0.263 e. The normalized spacial score (nSPS) is 14.3. The van der Waals surface area contributed by atoms with Crippen LogP contribution in [0.2, 0.25) is 0 Å². The van der Waals surface area contributed by atoms with Gasteiger partial charge < -0.3 is 14.8 Å². The number of hydrogen-bond acceptors (Lipinski definition) is 7. The van der Waals surface area contributed by atoms with Gasteiger partial charge in [0.15, 0.2) is 11.6 Å². The third-order valence-electron chi connectivity index (χ3n) is 4.66. The molecule has 150 valence electrons. The molecule has 0 saturated carbocycles. The number of halogens is 1. The fourth-order valence-electron chi connectivity index (χ4n) is 3.22. The molecule has 1 aliphatic heterocycles. The van der Waals surface area contributed by atoms with Gasteiger partial charge in [-0.05, 0) is 43.2 Å². The van der Waals surface area contributed by atoms with Gasteiger partial charge in [-0.2, -0.15) is 0 Å². The molecule has 0 atom stereocenters. The number of carbonyl (C=O) groups is 1. The van der Waals surface area contributed by atoms with E-state index in [0.717, 1.165) is 31.0 Å². The number of carbonyl (C=O) groups excluding carboxylic acids is 1. The maximum absolute atomic E-state index is 13.6. The Morgan fingerprint density at radius 3 is 2.38 bits per heavy atom. The van der Waals surface area contributed by atoms with Crippen molar-refractivity contribution in [2.45, 2.75) is 17.7 Å². The SMILES string of the molecule is O=C([O-])c1cc(S(=O)(=O)Nc2nc3ccccc3nc2N2CCCC2)ccc1F. The van der Waals surface area contributed by atoms with Crippen LogP contribution >= 0.6 is 0 Å². The van der Waals surface area contributed by atoms with Gasteiger partial charge in [0, 0.05) is 18.7 Å². The lowest BCUT2D eigenvalue weighted by Gasteiger charge is -2.20. The van der Waals surface area contributed by atoms with Crippen LogP contribution in [0.5, 0.6) is 0 Å². The molecule has 1 aromatic heterocycles. The molecule has 3 aromatic rings. The van der Waals surface area contributed by atoms with Crippen LogP contribution in [-0.4, -0.2) is 37.4 Å². The fourth-order valence-corrected chi connectivity index (χ4v) is 4.25. The number of fused-ring (bicyclic) bond motifs is 1. The molecule has 0 radical (unpaired) electrons. The third kappa shape index (κ3) is 3.70. The number of aromatic carboxylic acids is 1. The molecule has 2 aromatic carbocycles. The van der Waals surface area contributed by atoms with Crippen LogP contribution in [0.25, 0.3) is 11.0 Å². The van der Waals surface area contributed by atoms with E-state index in [1.165, 1.54) is 0 Å². The summed E-state index contributed by atoms with van der Waals surface area (Å²) in [5.74, 6) is -2.45. The van der Waals surface area contributed by atoms with E-state index in [4.69, 9.17) is 0 Å². The van der Waals surface area contributed by atoms with Gasteiger partial charge in [0.25, 0.3) is 10.0 Å². The number of hydrogen-bond donors (Lipinski definition) is 1. The fraction of sp³-hybridized carbons (Fsp3) is 0.211. The predicted molar refractivity (Wildman–Crippen MR) is 103 cm³/mol. The molecule has 1 aliphatic rings. The molecule has 2 heterocycles. The molecular weight excluding hydrogens is 399 g/mol. The first-order valence-corrected chi connectivity index (χ1v) is 10.4. The number of sulfonamides is 1. The summed E-state index contributed by atoms with van der Waals surface area (Å²) in [6, 6.07) is 9.54. The van der Waals surface area contributed by atoms with Gasteiger partial charge in [-0.3, -0.25) is 4.72 Å². The standard InChI is InChI=1S/C19H17FN4O4S/c20-14-8-7-12(11-13(14)19(25)26)29(27,28)23-17-18(24-9-3-4-10-24)22-16-6-2-1-5-15(16)21-17/h1-2,5-8,11H,3-4,9-10H2,(H,21,23)(H,25,26)/p-1. The second-order valence-electron chi connectivity index (χ2n) is 6.61. The van der Waals surface area contributed by atoms with Gasteiger partial charge in [0.05, 0.1) is 21.9 Å². The van der Waals surface area contributed by atoms with E-state index in [2.05, 4.69) is 14.7 Å². The van der Waals surface area contributed by atoms with Crippen molar-refractivity contribution in [1.82, 2.24) is 9.97 Å². The first-order chi connectivity index (χ1) is 13.8. The van der Waals surface area contributed by atoms with Crippen molar-refractivity contribution in [3.8, 4) is 0 Å². The van der Waals surface area contributed by atoms with Gasteiger partial charge in [0.2, 0.25) is 0 Å². The van der Waals surface area contributed by atoms with E-state index in [0.29, 0.717) is 29.9 Å². The quantitative estimate of drug-likeness (QED) is 0.672. The monoisotopic (exact) mass is 415 g/mol. The highest BCUT2D eigenvalue weighted by Crippen LogP contribution is 2.29. The Hall–Kier alpha value is -3.27. The number of aromatic nitrogens is 2. The summed E-state index contributed by atoms with van der Waals surface area (Å²) < 4.78 is 41.7. The number of carboxylic acid groups (broad SMARTS) is 1. The third-order valence-corrected chi connectivity index (χ3v) is 5.99. The largest absolute Gasteiger partial charge is 0.545 e. The Labute approximate surface area is 166 Å². The number of rotatable bonds is 5. The van der Waals surface area contributed by atoms with Crippen LogP contribution in [-0.2, 0) is 10.0 Å². The zero-order chi connectivity index (χ0) is 20.6.